The van der Waals surface area contributed by atoms with E-state index in [4.69, 9.17) is 5.11 Å². The van der Waals surface area contributed by atoms with Gasteiger partial charge < -0.3 is 10.0 Å². The molecule has 2 rings (SSSR count). The Morgan fingerprint density at radius 2 is 2.32 bits per heavy atom. The number of aryl methyl sites for hydroxylation is 2. The smallest absolute Gasteiger partial charge is 0.334 e. The van der Waals surface area contributed by atoms with Gasteiger partial charge in [-0.1, -0.05) is 6.92 Å². The molecule has 1 atom stereocenters. The topological polar surface area (TPSA) is 84.4 Å². The first-order valence-electron chi connectivity index (χ1n) is 6.64. The molecule has 1 aromatic rings. The van der Waals surface area contributed by atoms with Crippen LogP contribution in [0.5, 0.6) is 0 Å². The second-order valence-corrected chi connectivity index (χ2v) is 4.97. The van der Waals surface area contributed by atoms with Crippen LogP contribution in [0.4, 0.5) is 11.5 Å². The molecule has 0 bridgehead atoms. The van der Waals surface area contributed by atoms with E-state index in [2.05, 4.69) is 5.10 Å². The molecule has 1 N–H and O–H groups in total. The molecule has 2 heterocycles. The lowest BCUT2D eigenvalue weighted by Gasteiger charge is -2.17. The molecule has 19 heavy (non-hydrogen) atoms. The van der Waals surface area contributed by atoms with Crippen LogP contribution in [0.15, 0.2) is 0 Å². The minimum Gasteiger partial charge on any atom is -0.396 e. The molecule has 7 heteroatoms. The molecule has 1 aliphatic rings. The van der Waals surface area contributed by atoms with Crippen molar-refractivity contribution >= 4 is 11.5 Å². The molecule has 0 amide bonds. The maximum atomic E-state index is 11.3. The number of aliphatic hydroxyl groups excluding tert-OH is 1. The van der Waals surface area contributed by atoms with Crippen LogP contribution in [0.2, 0.25) is 0 Å². The molecule has 1 fully saturated rings. The highest BCUT2D eigenvalue weighted by Crippen LogP contribution is 2.35. The predicted octanol–water partition coefficient (Wildman–Crippen LogP) is 1.10. The first kappa shape index (κ1) is 13.8. The van der Waals surface area contributed by atoms with Crippen molar-refractivity contribution in [2.24, 2.45) is 13.0 Å². The Balaban J connectivity index is 2.30. The molecule has 1 saturated heterocycles. The van der Waals surface area contributed by atoms with E-state index >= 15 is 0 Å². The van der Waals surface area contributed by atoms with E-state index in [1.165, 1.54) is 0 Å². The van der Waals surface area contributed by atoms with Crippen molar-refractivity contribution in [2.75, 3.05) is 24.6 Å². The van der Waals surface area contributed by atoms with Crippen LogP contribution in [0, 0.1) is 16.0 Å². The Morgan fingerprint density at radius 3 is 2.89 bits per heavy atom. The van der Waals surface area contributed by atoms with Crippen molar-refractivity contribution in [3.8, 4) is 0 Å². The number of nitro groups is 1. The summed E-state index contributed by atoms with van der Waals surface area (Å²) >= 11 is 0. The fourth-order valence-electron chi connectivity index (χ4n) is 2.78. The van der Waals surface area contributed by atoms with Crippen LogP contribution in [0.25, 0.3) is 0 Å². The minimum absolute atomic E-state index is 0.134. The Bertz CT molecular complexity index is 472. The minimum atomic E-state index is -0.333. The number of hydrogen-bond donors (Lipinski definition) is 1. The van der Waals surface area contributed by atoms with Gasteiger partial charge in [0.2, 0.25) is 5.82 Å². The zero-order valence-corrected chi connectivity index (χ0v) is 11.4. The molecular weight excluding hydrogens is 248 g/mol. The highest BCUT2D eigenvalue weighted by molar-refractivity contribution is 5.62. The molecular formula is C12H20N4O3. The third kappa shape index (κ3) is 2.56. The van der Waals surface area contributed by atoms with E-state index < -0.39 is 0 Å². The van der Waals surface area contributed by atoms with Crippen LogP contribution >= 0.6 is 0 Å². The summed E-state index contributed by atoms with van der Waals surface area (Å²) < 4.78 is 1.61. The SMILES string of the molecule is CCc1nn(C)c(N2CCC(CCO)C2)c1[N+](=O)[O-]. The molecule has 0 spiro atoms. The van der Waals surface area contributed by atoms with Gasteiger partial charge in [0.25, 0.3) is 0 Å². The monoisotopic (exact) mass is 268 g/mol. The Kier molecular flexibility index (Phi) is 4.04. The predicted molar refractivity (Wildman–Crippen MR) is 71.3 cm³/mol. The summed E-state index contributed by atoms with van der Waals surface area (Å²) in [6, 6.07) is 0. The van der Waals surface area contributed by atoms with E-state index in [1.54, 1.807) is 11.7 Å². The molecule has 0 radical (unpaired) electrons. The number of aliphatic hydroxyl groups is 1. The second-order valence-electron chi connectivity index (χ2n) is 4.97. The molecule has 1 unspecified atom stereocenters. The van der Waals surface area contributed by atoms with Crippen LogP contribution in [-0.4, -0.2) is 39.5 Å². The molecule has 0 saturated carbocycles. The van der Waals surface area contributed by atoms with Gasteiger partial charge in [0, 0.05) is 26.7 Å². The van der Waals surface area contributed by atoms with Crippen molar-refractivity contribution in [3.05, 3.63) is 15.8 Å². The standard InChI is InChI=1S/C12H20N4O3/c1-3-10-11(16(18)19)12(14(2)13-10)15-6-4-9(8-15)5-7-17/h9,17H,3-8H2,1-2H3. The fourth-order valence-corrected chi connectivity index (χ4v) is 2.78. The van der Waals surface area contributed by atoms with E-state index in [9.17, 15) is 10.1 Å². The first-order valence-corrected chi connectivity index (χ1v) is 6.64. The Labute approximate surface area is 112 Å². The number of anilines is 1. The van der Waals surface area contributed by atoms with Gasteiger partial charge in [-0.2, -0.15) is 5.10 Å². The van der Waals surface area contributed by atoms with Crippen molar-refractivity contribution in [2.45, 2.75) is 26.2 Å². The molecule has 106 valence electrons. The van der Waals surface area contributed by atoms with Gasteiger partial charge in [0.05, 0.1) is 4.92 Å². The summed E-state index contributed by atoms with van der Waals surface area (Å²) in [5.41, 5.74) is 0.669. The molecule has 7 nitrogen and oxygen atoms in total. The lowest BCUT2D eigenvalue weighted by molar-refractivity contribution is -0.384. The van der Waals surface area contributed by atoms with E-state index in [-0.39, 0.29) is 17.2 Å². The zero-order chi connectivity index (χ0) is 14.0. The van der Waals surface area contributed by atoms with Crippen LogP contribution in [0.1, 0.15) is 25.5 Å². The summed E-state index contributed by atoms with van der Waals surface area (Å²) in [4.78, 5) is 12.9. The normalized spacial score (nSPS) is 19.1. The largest absolute Gasteiger partial charge is 0.396 e. The van der Waals surface area contributed by atoms with Crippen LogP contribution in [0.3, 0.4) is 0 Å². The highest BCUT2D eigenvalue weighted by atomic mass is 16.6. The van der Waals surface area contributed by atoms with Crippen molar-refractivity contribution in [1.82, 2.24) is 9.78 Å². The Hall–Kier alpha value is -1.63. The average Bonchev–Trinajstić information content (AvgIpc) is 2.93. The maximum absolute atomic E-state index is 11.3. The molecule has 0 aliphatic carbocycles. The van der Waals surface area contributed by atoms with Gasteiger partial charge in [-0.25, -0.2) is 4.68 Å². The van der Waals surface area contributed by atoms with Gasteiger partial charge in [-0.15, -0.1) is 0 Å². The lowest BCUT2D eigenvalue weighted by atomic mass is 10.1. The fraction of sp³-hybridized carbons (Fsp3) is 0.750. The van der Waals surface area contributed by atoms with E-state index in [0.717, 1.165) is 25.9 Å². The Morgan fingerprint density at radius 1 is 1.58 bits per heavy atom. The van der Waals surface area contributed by atoms with E-state index in [0.29, 0.717) is 23.9 Å². The third-order valence-corrected chi connectivity index (χ3v) is 3.70. The zero-order valence-electron chi connectivity index (χ0n) is 11.4. The van der Waals surface area contributed by atoms with Gasteiger partial charge in [0.15, 0.2) is 0 Å². The summed E-state index contributed by atoms with van der Waals surface area (Å²) in [6.07, 6.45) is 2.27. The quantitative estimate of drug-likeness (QED) is 0.638. The van der Waals surface area contributed by atoms with Gasteiger partial charge in [0.1, 0.15) is 5.69 Å². The van der Waals surface area contributed by atoms with Crippen molar-refractivity contribution in [3.63, 3.8) is 0 Å². The van der Waals surface area contributed by atoms with Crippen molar-refractivity contribution < 1.29 is 10.0 Å². The number of aromatic nitrogens is 2. The van der Waals surface area contributed by atoms with Gasteiger partial charge in [-0.05, 0) is 25.2 Å². The van der Waals surface area contributed by atoms with Crippen LogP contribution in [-0.2, 0) is 13.5 Å². The summed E-state index contributed by atoms with van der Waals surface area (Å²) in [6.45, 7) is 3.59. The van der Waals surface area contributed by atoms with Gasteiger partial charge >= 0.3 is 5.69 Å². The summed E-state index contributed by atoms with van der Waals surface area (Å²) in [7, 11) is 1.75. The average molecular weight is 268 g/mol. The highest BCUT2D eigenvalue weighted by Gasteiger charge is 2.33. The number of nitrogens with zero attached hydrogens (tertiary/aromatic N) is 4. The third-order valence-electron chi connectivity index (χ3n) is 3.70. The maximum Gasteiger partial charge on any atom is 0.334 e. The second kappa shape index (κ2) is 5.56. The van der Waals surface area contributed by atoms with E-state index in [1.807, 2.05) is 11.8 Å². The molecule has 1 aromatic heterocycles. The number of hydrogen-bond acceptors (Lipinski definition) is 5. The summed E-state index contributed by atoms with van der Waals surface area (Å²) in [5.74, 6) is 1.01. The molecule has 0 aromatic carbocycles. The van der Waals surface area contributed by atoms with Gasteiger partial charge in [-0.3, -0.25) is 10.1 Å². The van der Waals surface area contributed by atoms with Crippen molar-refractivity contribution in [1.29, 1.82) is 0 Å². The summed E-state index contributed by atoms with van der Waals surface area (Å²) in [5, 5.41) is 24.5. The number of rotatable bonds is 5. The van der Waals surface area contributed by atoms with Crippen LogP contribution < -0.4 is 4.90 Å². The molecule has 1 aliphatic heterocycles. The lowest BCUT2D eigenvalue weighted by Crippen LogP contribution is -2.23. The first-order chi connectivity index (χ1) is 9.08.